The van der Waals surface area contributed by atoms with Gasteiger partial charge in [-0.15, -0.1) is 0 Å². The Morgan fingerprint density at radius 3 is 2.60 bits per heavy atom. The first-order chi connectivity index (χ1) is 14.5. The number of hydrogen-bond donors (Lipinski definition) is 1. The Kier molecular flexibility index (Phi) is 5.74. The third kappa shape index (κ3) is 4.32. The van der Waals surface area contributed by atoms with E-state index >= 15 is 0 Å². The van der Waals surface area contributed by atoms with Gasteiger partial charge in [0.05, 0.1) is 4.92 Å². The van der Waals surface area contributed by atoms with Crippen molar-refractivity contribution in [3.63, 3.8) is 0 Å². The molecule has 0 unspecified atom stereocenters. The molecule has 1 saturated heterocycles. The second-order valence-corrected chi connectivity index (χ2v) is 7.79. The molecule has 1 fully saturated rings. The molecule has 158 valence electrons. The minimum atomic E-state index is -0.412. The SMILES string of the molecule is CC1CCN(c2ccc(C(=O)NCc3ccc4c(c3)OCCO4)cc2[N+](=O)[O-])CC1. The number of fused-ring (bicyclic) bond motifs is 1. The molecular formula is C22H25N3O5. The number of nitro groups is 1. The van der Waals surface area contributed by atoms with Crippen LogP contribution in [0.25, 0.3) is 0 Å². The minimum Gasteiger partial charge on any atom is -0.486 e. The zero-order valence-corrected chi connectivity index (χ0v) is 16.9. The number of anilines is 1. The van der Waals surface area contributed by atoms with E-state index in [9.17, 15) is 14.9 Å². The van der Waals surface area contributed by atoms with Gasteiger partial charge in [0.2, 0.25) is 0 Å². The number of rotatable bonds is 5. The zero-order valence-electron chi connectivity index (χ0n) is 16.9. The quantitative estimate of drug-likeness (QED) is 0.598. The van der Waals surface area contributed by atoms with Crippen LogP contribution in [0.1, 0.15) is 35.7 Å². The fourth-order valence-electron chi connectivity index (χ4n) is 3.81. The van der Waals surface area contributed by atoms with Crippen LogP contribution >= 0.6 is 0 Å². The summed E-state index contributed by atoms with van der Waals surface area (Å²) in [5.74, 6) is 1.62. The lowest BCUT2D eigenvalue weighted by atomic mass is 9.98. The van der Waals surface area contributed by atoms with Gasteiger partial charge in [0.1, 0.15) is 18.9 Å². The van der Waals surface area contributed by atoms with Crippen molar-refractivity contribution in [2.75, 3.05) is 31.2 Å². The number of carbonyl (C=O) groups excluding carboxylic acids is 1. The average molecular weight is 411 g/mol. The van der Waals surface area contributed by atoms with Gasteiger partial charge in [0, 0.05) is 31.3 Å². The number of nitrogens with one attached hydrogen (secondary N) is 1. The molecule has 0 aromatic heterocycles. The molecule has 2 aromatic carbocycles. The highest BCUT2D eigenvalue weighted by Gasteiger charge is 2.24. The van der Waals surface area contributed by atoms with Crippen molar-refractivity contribution in [2.24, 2.45) is 5.92 Å². The van der Waals surface area contributed by atoms with E-state index in [-0.39, 0.29) is 23.7 Å². The van der Waals surface area contributed by atoms with Gasteiger partial charge < -0.3 is 19.7 Å². The first-order valence-electron chi connectivity index (χ1n) is 10.2. The van der Waals surface area contributed by atoms with Crippen LogP contribution < -0.4 is 19.7 Å². The maximum absolute atomic E-state index is 12.6. The summed E-state index contributed by atoms with van der Waals surface area (Å²) >= 11 is 0. The summed E-state index contributed by atoms with van der Waals surface area (Å²) in [5, 5.41) is 14.5. The summed E-state index contributed by atoms with van der Waals surface area (Å²) < 4.78 is 11.1. The van der Waals surface area contributed by atoms with Crippen molar-refractivity contribution in [2.45, 2.75) is 26.3 Å². The molecule has 0 radical (unpaired) electrons. The van der Waals surface area contributed by atoms with Crippen LogP contribution in [0, 0.1) is 16.0 Å². The van der Waals surface area contributed by atoms with Crippen LogP contribution in [0.3, 0.4) is 0 Å². The van der Waals surface area contributed by atoms with E-state index in [2.05, 4.69) is 12.2 Å². The standard InChI is InChI=1S/C22H25N3O5/c1-15-6-8-24(9-7-15)18-4-3-17(13-19(18)25(27)28)22(26)23-14-16-2-5-20-21(12-16)30-11-10-29-20/h2-5,12-13,15H,6-11,14H2,1H3,(H,23,26). The number of ether oxygens (including phenoxy) is 2. The highest BCUT2D eigenvalue weighted by molar-refractivity contribution is 5.95. The van der Waals surface area contributed by atoms with E-state index in [1.165, 1.54) is 6.07 Å². The third-order valence-corrected chi connectivity index (χ3v) is 5.62. The number of amides is 1. The Morgan fingerprint density at radius 2 is 1.87 bits per heavy atom. The molecule has 0 spiro atoms. The molecule has 1 amide bonds. The molecule has 2 aliphatic heterocycles. The Labute approximate surface area is 174 Å². The van der Waals surface area contributed by atoms with Crippen molar-refractivity contribution in [3.05, 3.63) is 57.6 Å². The smallest absolute Gasteiger partial charge is 0.293 e. The van der Waals surface area contributed by atoms with Crippen molar-refractivity contribution in [1.82, 2.24) is 5.32 Å². The summed E-state index contributed by atoms with van der Waals surface area (Å²) in [7, 11) is 0. The van der Waals surface area contributed by atoms with E-state index in [4.69, 9.17) is 9.47 Å². The Morgan fingerprint density at radius 1 is 1.13 bits per heavy atom. The summed E-state index contributed by atoms with van der Waals surface area (Å²) in [6.45, 7) is 5.08. The summed E-state index contributed by atoms with van der Waals surface area (Å²) in [5.41, 5.74) is 1.68. The molecule has 8 nitrogen and oxygen atoms in total. The summed E-state index contributed by atoms with van der Waals surface area (Å²) in [6, 6.07) is 10.2. The first kappa shape index (κ1) is 20.0. The Balaban J connectivity index is 1.46. The maximum Gasteiger partial charge on any atom is 0.293 e. The largest absolute Gasteiger partial charge is 0.486 e. The highest BCUT2D eigenvalue weighted by atomic mass is 16.6. The first-order valence-corrected chi connectivity index (χ1v) is 10.2. The van der Waals surface area contributed by atoms with Crippen molar-refractivity contribution in [1.29, 1.82) is 0 Å². The summed E-state index contributed by atoms with van der Waals surface area (Å²) in [4.78, 5) is 25.9. The van der Waals surface area contributed by atoms with Crippen LogP contribution in [0.2, 0.25) is 0 Å². The third-order valence-electron chi connectivity index (χ3n) is 5.62. The predicted octanol–water partition coefficient (Wildman–Crippen LogP) is 3.53. The predicted molar refractivity (Wildman–Crippen MR) is 112 cm³/mol. The molecular weight excluding hydrogens is 386 g/mol. The molecule has 0 bridgehead atoms. The molecule has 1 N–H and O–H groups in total. The van der Waals surface area contributed by atoms with E-state index in [0.29, 0.717) is 36.3 Å². The number of nitrogens with zero attached hydrogens (tertiary/aromatic N) is 2. The van der Waals surface area contributed by atoms with Gasteiger partial charge in [-0.3, -0.25) is 14.9 Å². The average Bonchev–Trinajstić information content (AvgIpc) is 2.77. The zero-order chi connectivity index (χ0) is 21.1. The van der Waals surface area contributed by atoms with Gasteiger partial charge in [0.15, 0.2) is 11.5 Å². The summed E-state index contributed by atoms with van der Waals surface area (Å²) in [6.07, 6.45) is 2.02. The molecule has 2 heterocycles. The fraction of sp³-hybridized carbons (Fsp3) is 0.409. The number of benzene rings is 2. The number of piperidine rings is 1. The number of hydrogen-bond acceptors (Lipinski definition) is 6. The molecule has 2 aliphatic rings. The number of nitro benzene ring substituents is 1. The van der Waals surface area contributed by atoms with Crippen LogP contribution in [-0.2, 0) is 6.54 Å². The van der Waals surface area contributed by atoms with Crippen LogP contribution in [0.15, 0.2) is 36.4 Å². The lowest BCUT2D eigenvalue weighted by Gasteiger charge is -2.31. The lowest BCUT2D eigenvalue weighted by molar-refractivity contribution is -0.384. The second-order valence-electron chi connectivity index (χ2n) is 7.79. The molecule has 2 aromatic rings. The van der Waals surface area contributed by atoms with Gasteiger partial charge in [-0.25, -0.2) is 0 Å². The highest BCUT2D eigenvalue weighted by Crippen LogP contribution is 2.33. The lowest BCUT2D eigenvalue weighted by Crippen LogP contribution is -2.33. The van der Waals surface area contributed by atoms with Gasteiger partial charge in [0.25, 0.3) is 11.6 Å². The van der Waals surface area contributed by atoms with E-state index < -0.39 is 4.92 Å². The van der Waals surface area contributed by atoms with Gasteiger partial charge in [-0.2, -0.15) is 0 Å². The van der Waals surface area contributed by atoms with Gasteiger partial charge in [-0.05, 0) is 48.6 Å². The minimum absolute atomic E-state index is 0.0310. The van der Waals surface area contributed by atoms with E-state index in [1.54, 1.807) is 12.1 Å². The molecule has 30 heavy (non-hydrogen) atoms. The molecule has 0 saturated carbocycles. The van der Waals surface area contributed by atoms with Crippen molar-refractivity contribution >= 4 is 17.3 Å². The van der Waals surface area contributed by atoms with E-state index in [0.717, 1.165) is 31.5 Å². The maximum atomic E-state index is 12.6. The fourth-order valence-corrected chi connectivity index (χ4v) is 3.81. The Bertz CT molecular complexity index is 954. The monoisotopic (exact) mass is 411 g/mol. The Hall–Kier alpha value is -3.29. The topological polar surface area (TPSA) is 93.9 Å². The van der Waals surface area contributed by atoms with Crippen LogP contribution in [-0.4, -0.2) is 37.1 Å². The second kappa shape index (κ2) is 8.61. The van der Waals surface area contributed by atoms with Crippen LogP contribution in [0.5, 0.6) is 11.5 Å². The molecule has 4 rings (SSSR count). The van der Waals surface area contributed by atoms with Gasteiger partial charge in [-0.1, -0.05) is 13.0 Å². The molecule has 0 aliphatic carbocycles. The van der Waals surface area contributed by atoms with Gasteiger partial charge >= 0.3 is 0 Å². The van der Waals surface area contributed by atoms with E-state index in [1.807, 2.05) is 23.1 Å². The van der Waals surface area contributed by atoms with Crippen LogP contribution in [0.4, 0.5) is 11.4 Å². The normalized spacial score (nSPS) is 16.2. The number of carbonyl (C=O) groups is 1. The molecule has 0 atom stereocenters. The molecule has 8 heteroatoms. The van der Waals surface area contributed by atoms with Crippen molar-refractivity contribution in [3.8, 4) is 11.5 Å². The van der Waals surface area contributed by atoms with Crippen molar-refractivity contribution < 1.29 is 19.2 Å².